The maximum absolute atomic E-state index is 10.7. The van der Waals surface area contributed by atoms with Crippen LogP contribution >= 0.6 is 0 Å². The molecule has 64 valence electrons. The van der Waals surface area contributed by atoms with E-state index in [2.05, 4.69) is 4.28 Å². The van der Waals surface area contributed by atoms with Gasteiger partial charge in [0.15, 0.2) is 0 Å². The Morgan fingerprint density at radius 1 is 1.82 bits per heavy atom. The summed E-state index contributed by atoms with van der Waals surface area (Å²) >= 11 is -2.70. The Hall–Kier alpha value is -0.500. The van der Waals surface area contributed by atoms with Crippen molar-refractivity contribution < 1.29 is 17.8 Å². The van der Waals surface area contributed by atoms with Gasteiger partial charge in [0.1, 0.15) is 17.4 Å². The molecule has 1 fully saturated rings. The third-order valence-corrected chi connectivity index (χ3v) is 1.82. The summed E-state index contributed by atoms with van der Waals surface area (Å²) in [5.74, 6) is -0.512. The van der Waals surface area contributed by atoms with Crippen molar-refractivity contribution in [2.75, 3.05) is 0 Å². The number of hydrogen-bond donors (Lipinski definition) is 1. The summed E-state index contributed by atoms with van der Waals surface area (Å²) in [7, 11) is 0. The number of nitrogens with two attached hydrogens (primary N) is 1. The fourth-order valence-corrected chi connectivity index (χ4v) is 1.13. The Morgan fingerprint density at radius 2 is 2.36 bits per heavy atom. The zero-order valence-corrected chi connectivity index (χ0v) is 6.54. The van der Waals surface area contributed by atoms with E-state index in [1.54, 1.807) is 6.92 Å². The van der Waals surface area contributed by atoms with E-state index in [4.69, 9.17) is 5.73 Å². The smallest absolute Gasteiger partial charge is 0.266 e. The Kier molecular flexibility index (Phi) is 2.23. The molecule has 1 heterocycles. The van der Waals surface area contributed by atoms with Gasteiger partial charge in [-0.3, -0.25) is 4.79 Å². The average Bonchev–Trinajstić information content (AvgIpc) is 1.98. The second kappa shape index (κ2) is 2.86. The first kappa shape index (κ1) is 8.60. The molecule has 0 spiro atoms. The molecule has 2 N–H and O–H groups in total. The number of carbonyl (C=O) groups is 1. The van der Waals surface area contributed by atoms with Gasteiger partial charge >= 0.3 is 0 Å². The van der Waals surface area contributed by atoms with Crippen LogP contribution in [0.15, 0.2) is 0 Å². The molecular weight excluding hydrogens is 172 g/mol. The summed E-state index contributed by atoms with van der Waals surface area (Å²) in [6, 6.07) is -1.01. The zero-order chi connectivity index (χ0) is 8.59. The van der Waals surface area contributed by atoms with Crippen LogP contribution in [0.5, 0.6) is 0 Å². The van der Waals surface area contributed by atoms with Crippen LogP contribution < -0.4 is 5.73 Å². The Labute approximate surface area is 65.7 Å². The molecule has 1 amide bonds. The first-order valence-electron chi connectivity index (χ1n) is 2.90. The number of carbonyl (C=O) groups excluding carboxylic acids is 1. The molecule has 0 radical (unpaired) electrons. The maximum Gasteiger partial charge on any atom is 0.266 e. The summed E-state index contributed by atoms with van der Waals surface area (Å²) in [5, 5.41) is 0.730. The van der Waals surface area contributed by atoms with Crippen LogP contribution in [0.25, 0.3) is 0 Å². The van der Waals surface area contributed by atoms with Crippen LogP contribution in [-0.2, 0) is 20.4 Å². The van der Waals surface area contributed by atoms with Crippen LogP contribution in [0, 0.1) is 0 Å². The SMILES string of the molecule is CC1[C@H](N)C(=O)N1OS(=O)[O-]. The maximum atomic E-state index is 10.7. The first-order chi connectivity index (χ1) is 5.04. The van der Waals surface area contributed by atoms with Crippen LogP contribution in [0.4, 0.5) is 0 Å². The molecule has 2 unspecified atom stereocenters. The molecule has 7 heteroatoms. The minimum absolute atomic E-state index is 0.375. The summed E-state index contributed by atoms with van der Waals surface area (Å²) in [6.45, 7) is 1.60. The molecule has 1 rings (SSSR count). The van der Waals surface area contributed by atoms with Crippen molar-refractivity contribution in [3.63, 3.8) is 0 Å². The first-order valence-corrected chi connectivity index (χ1v) is 3.90. The predicted octanol–water partition coefficient (Wildman–Crippen LogP) is -1.73. The molecule has 0 bridgehead atoms. The lowest BCUT2D eigenvalue weighted by Gasteiger charge is -2.41. The van der Waals surface area contributed by atoms with Crippen molar-refractivity contribution in [2.24, 2.45) is 5.73 Å². The number of β-lactam (4-membered cyclic amide) rings is 1. The molecule has 1 aliphatic rings. The number of hydroxylamine groups is 2. The minimum Gasteiger partial charge on any atom is -0.748 e. The predicted molar refractivity (Wildman–Crippen MR) is 34.3 cm³/mol. The van der Waals surface area contributed by atoms with Gasteiger partial charge in [-0.2, -0.15) is 4.28 Å². The molecule has 1 aliphatic heterocycles. The van der Waals surface area contributed by atoms with E-state index in [9.17, 15) is 13.6 Å². The number of amides is 1. The zero-order valence-electron chi connectivity index (χ0n) is 5.72. The van der Waals surface area contributed by atoms with Crippen molar-refractivity contribution in [3.8, 4) is 0 Å². The Balaban J connectivity index is 2.49. The molecule has 0 saturated carbocycles. The van der Waals surface area contributed by atoms with Crippen LogP contribution in [0.3, 0.4) is 0 Å². The van der Waals surface area contributed by atoms with Crippen LogP contribution in [-0.4, -0.2) is 31.8 Å². The Morgan fingerprint density at radius 3 is 2.73 bits per heavy atom. The highest BCUT2D eigenvalue weighted by Crippen LogP contribution is 2.17. The van der Waals surface area contributed by atoms with Gasteiger partial charge < -0.3 is 10.3 Å². The lowest BCUT2D eigenvalue weighted by molar-refractivity contribution is -0.191. The van der Waals surface area contributed by atoms with Crippen molar-refractivity contribution in [1.29, 1.82) is 0 Å². The fraction of sp³-hybridized carbons (Fsp3) is 0.750. The molecule has 6 nitrogen and oxygen atoms in total. The number of nitrogens with zero attached hydrogens (tertiary/aromatic N) is 1. The van der Waals surface area contributed by atoms with Crippen molar-refractivity contribution in [3.05, 3.63) is 0 Å². The topological polar surface area (TPSA) is 95.7 Å². The van der Waals surface area contributed by atoms with Gasteiger partial charge in [0.25, 0.3) is 5.91 Å². The highest BCUT2D eigenvalue weighted by Gasteiger charge is 2.43. The lowest BCUT2D eigenvalue weighted by atomic mass is 10.0. The quantitative estimate of drug-likeness (QED) is 0.401. The molecule has 0 aromatic heterocycles. The molecule has 1 saturated heterocycles. The van der Waals surface area contributed by atoms with Crippen molar-refractivity contribution in [2.45, 2.75) is 19.0 Å². The summed E-state index contributed by atoms with van der Waals surface area (Å²) in [5.41, 5.74) is 5.26. The summed E-state index contributed by atoms with van der Waals surface area (Å²) in [6.07, 6.45) is 0. The van der Waals surface area contributed by atoms with E-state index >= 15 is 0 Å². The van der Waals surface area contributed by atoms with Crippen LogP contribution in [0.1, 0.15) is 6.92 Å². The van der Waals surface area contributed by atoms with E-state index in [-0.39, 0.29) is 6.04 Å². The number of rotatable bonds is 2. The lowest BCUT2D eigenvalue weighted by Crippen LogP contribution is -2.67. The van der Waals surface area contributed by atoms with Crippen molar-refractivity contribution in [1.82, 2.24) is 5.06 Å². The monoisotopic (exact) mass is 179 g/mol. The van der Waals surface area contributed by atoms with Gasteiger partial charge in [-0.15, -0.1) is 0 Å². The van der Waals surface area contributed by atoms with E-state index in [0.29, 0.717) is 0 Å². The molecule has 0 aliphatic carbocycles. The van der Waals surface area contributed by atoms with Crippen LogP contribution in [0.2, 0.25) is 0 Å². The Bertz CT molecular complexity index is 208. The molecule has 0 aromatic rings. The molecular formula is C4H7N2O4S-. The molecule has 0 aromatic carbocycles. The van der Waals surface area contributed by atoms with Gasteiger partial charge in [-0.1, -0.05) is 0 Å². The number of hydrogen-bond acceptors (Lipinski definition) is 5. The largest absolute Gasteiger partial charge is 0.748 e. The van der Waals surface area contributed by atoms with E-state index in [0.717, 1.165) is 5.06 Å². The van der Waals surface area contributed by atoms with Gasteiger partial charge in [0.2, 0.25) is 0 Å². The second-order valence-electron chi connectivity index (χ2n) is 2.21. The average molecular weight is 179 g/mol. The van der Waals surface area contributed by atoms with Gasteiger partial charge in [0, 0.05) is 0 Å². The van der Waals surface area contributed by atoms with Crippen molar-refractivity contribution >= 4 is 17.3 Å². The molecule has 3 atom stereocenters. The summed E-state index contributed by atoms with van der Waals surface area (Å²) in [4.78, 5) is 10.7. The van der Waals surface area contributed by atoms with Gasteiger partial charge in [-0.25, -0.2) is 9.27 Å². The van der Waals surface area contributed by atoms with E-state index < -0.39 is 23.3 Å². The molecule has 11 heavy (non-hydrogen) atoms. The highest BCUT2D eigenvalue weighted by molar-refractivity contribution is 7.74. The third kappa shape index (κ3) is 1.41. The van der Waals surface area contributed by atoms with Gasteiger partial charge in [0.05, 0.1) is 6.04 Å². The van der Waals surface area contributed by atoms with E-state index in [1.165, 1.54) is 0 Å². The van der Waals surface area contributed by atoms with E-state index in [1.807, 2.05) is 0 Å². The van der Waals surface area contributed by atoms with Gasteiger partial charge in [-0.05, 0) is 6.92 Å². The summed E-state index contributed by atoms with van der Waals surface area (Å²) < 4.78 is 24.0. The standard InChI is InChI=1S/C4H8N2O4S/c1-2-3(5)4(7)6(2)10-11(8)9/h2-3H,5H2,1H3,(H,8,9)/p-1/t2?,3-/m0/s1. The second-order valence-corrected chi connectivity index (χ2v) is 2.77. The fourth-order valence-electron chi connectivity index (χ4n) is 0.788. The third-order valence-electron chi connectivity index (χ3n) is 1.53. The minimum atomic E-state index is -2.70. The highest BCUT2D eigenvalue weighted by atomic mass is 32.2. The normalized spacial score (nSPS) is 33.4.